The molecule has 1 unspecified atom stereocenters. The van der Waals surface area contributed by atoms with Crippen LogP contribution in [0.4, 0.5) is 0 Å². The first-order chi connectivity index (χ1) is 14.4. The van der Waals surface area contributed by atoms with Gasteiger partial charge in [-0.25, -0.2) is 4.79 Å². The minimum Gasteiger partial charge on any atom is -0.462 e. The number of hydrogen-bond acceptors (Lipinski definition) is 6. The predicted molar refractivity (Wildman–Crippen MR) is 114 cm³/mol. The highest BCUT2D eigenvalue weighted by atomic mass is 35.5. The molecule has 1 aromatic carbocycles. The summed E-state index contributed by atoms with van der Waals surface area (Å²) in [5, 5.41) is 10.0. The van der Waals surface area contributed by atoms with Crippen LogP contribution in [0.5, 0.6) is 5.75 Å². The molecule has 3 rings (SSSR count). The van der Waals surface area contributed by atoms with Crippen LogP contribution in [-0.2, 0) is 22.5 Å². The number of ether oxygens (including phenoxy) is 2. The molecule has 0 spiro atoms. The number of rotatable bonds is 7. The largest absolute Gasteiger partial charge is 0.462 e. The molecule has 1 aliphatic rings. The second-order valence-corrected chi connectivity index (χ2v) is 7.37. The lowest BCUT2D eigenvalue weighted by molar-refractivity contribution is -0.139. The molecule has 2 aromatic rings. The molecule has 0 radical (unpaired) electrons. The second-order valence-electron chi connectivity index (χ2n) is 6.93. The lowest BCUT2D eigenvalue weighted by Gasteiger charge is -2.29. The van der Waals surface area contributed by atoms with Crippen molar-refractivity contribution in [1.82, 2.24) is 4.57 Å². The summed E-state index contributed by atoms with van der Waals surface area (Å²) >= 11 is 6.03. The molecule has 8 heteroatoms. The Balaban J connectivity index is 2.30. The number of nitrogens with zero attached hydrogens (tertiary/aromatic N) is 1. The van der Waals surface area contributed by atoms with Crippen LogP contribution in [0, 0.1) is 0 Å². The van der Waals surface area contributed by atoms with Gasteiger partial charge in [0.05, 0.1) is 24.7 Å². The molecular formula is C22H25ClN2O5. The number of hydrogen-bond donors (Lipinski definition) is 2. The van der Waals surface area contributed by atoms with E-state index in [1.807, 2.05) is 6.92 Å². The fourth-order valence-electron chi connectivity index (χ4n) is 3.72. The summed E-state index contributed by atoms with van der Waals surface area (Å²) in [5.74, 6) is -1.21. The van der Waals surface area contributed by atoms with Crippen LogP contribution in [0.3, 0.4) is 0 Å². The second kappa shape index (κ2) is 9.36. The quantitative estimate of drug-likeness (QED) is 0.652. The van der Waals surface area contributed by atoms with Gasteiger partial charge in [-0.15, -0.1) is 0 Å². The molecule has 0 saturated carbocycles. The van der Waals surface area contributed by atoms with Crippen LogP contribution < -0.4 is 16.0 Å². The number of esters is 1. The van der Waals surface area contributed by atoms with E-state index in [-0.39, 0.29) is 42.3 Å². The Labute approximate surface area is 179 Å². The normalized spacial score (nSPS) is 15.5. The summed E-state index contributed by atoms with van der Waals surface area (Å²) in [7, 11) is 0. The zero-order chi connectivity index (χ0) is 21.8. The molecule has 1 aliphatic heterocycles. The van der Waals surface area contributed by atoms with Crippen molar-refractivity contribution in [2.24, 2.45) is 5.73 Å². The van der Waals surface area contributed by atoms with E-state index in [4.69, 9.17) is 26.8 Å². The molecule has 7 nitrogen and oxygen atoms in total. The van der Waals surface area contributed by atoms with Crippen LogP contribution in [0.1, 0.15) is 43.0 Å². The zero-order valence-electron chi connectivity index (χ0n) is 17.0. The van der Waals surface area contributed by atoms with Gasteiger partial charge < -0.3 is 24.9 Å². The van der Waals surface area contributed by atoms with Crippen molar-refractivity contribution >= 4 is 17.6 Å². The molecule has 0 amide bonds. The fraction of sp³-hybridized carbons (Fsp3) is 0.364. The van der Waals surface area contributed by atoms with Crippen LogP contribution in [0.2, 0.25) is 5.02 Å². The van der Waals surface area contributed by atoms with E-state index in [9.17, 15) is 14.7 Å². The van der Waals surface area contributed by atoms with Gasteiger partial charge in [0.1, 0.15) is 11.3 Å². The van der Waals surface area contributed by atoms with Gasteiger partial charge in [-0.2, -0.15) is 0 Å². The smallest absolute Gasteiger partial charge is 0.340 e. The van der Waals surface area contributed by atoms with Crippen LogP contribution in [0.15, 0.2) is 46.6 Å². The predicted octanol–water partition coefficient (Wildman–Crippen LogP) is 2.70. The average Bonchev–Trinajstić information content (AvgIpc) is 2.71. The molecule has 0 saturated heterocycles. The number of halogens is 1. The van der Waals surface area contributed by atoms with Gasteiger partial charge in [0.25, 0.3) is 5.56 Å². The van der Waals surface area contributed by atoms with E-state index in [0.717, 1.165) is 12.1 Å². The zero-order valence-corrected chi connectivity index (χ0v) is 17.7. The van der Waals surface area contributed by atoms with Gasteiger partial charge in [-0.05, 0) is 31.0 Å². The third-order valence-electron chi connectivity index (χ3n) is 4.98. The third-order valence-corrected chi connectivity index (χ3v) is 5.23. The number of aromatic nitrogens is 1. The summed E-state index contributed by atoms with van der Waals surface area (Å²) in [5.41, 5.74) is 7.55. The molecule has 3 N–H and O–H groups in total. The third kappa shape index (κ3) is 4.08. The van der Waals surface area contributed by atoms with Crippen molar-refractivity contribution in [3.63, 3.8) is 0 Å². The van der Waals surface area contributed by atoms with E-state index in [2.05, 4.69) is 0 Å². The first-order valence-electron chi connectivity index (χ1n) is 9.90. The van der Waals surface area contributed by atoms with E-state index in [1.54, 1.807) is 37.3 Å². The van der Waals surface area contributed by atoms with Crippen molar-refractivity contribution in [3.8, 4) is 5.75 Å². The Morgan fingerprint density at radius 2 is 2.00 bits per heavy atom. The number of aliphatic hydroxyl groups excluding tert-OH is 1. The Bertz CT molecular complexity index is 1030. The minimum absolute atomic E-state index is 0.0718. The molecule has 2 heterocycles. The summed E-state index contributed by atoms with van der Waals surface area (Å²) < 4.78 is 12.5. The number of pyridine rings is 1. The van der Waals surface area contributed by atoms with Gasteiger partial charge in [-0.1, -0.05) is 37.1 Å². The highest BCUT2D eigenvalue weighted by Crippen LogP contribution is 2.41. The van der Waals surface area contributed by atoms with Gasteiger partial charge in [0.15, 0.2) is 0 Å². The highest BCUT2D eigenvalue weighted by molar-refractivity contribution is 6.30. The lowest BCUT2D eigenvalue weighted by atomic mass is 9.83. The maximum atomic E-state index is 13.5. The van der Waals surface area contributed by atoms with Crippen LogP contribution in [0.25, 0.3) is 0 Å². The summed E-state index contributed by atoms with van der Waals surface area (Å²) in [6, 6.07) is 8.60. The standard InChI is InChI=1S/C22H25ClN2O5/c1-3-5-15-12-16-18(21(27)25(15)10-11-26)17(13-6-8-14(23)9-7-13)19(20(24)30-16)22(28)29-4-2/h6-9,12,17,26H,3-5,10-11,24H2,1-2H3. The summed E-state index contributed by atoms with van der Waals surface area (Å²) in [6.07, 6.45) is 1.44. The van der Waals surface area contributed by atoms with E-state index in [0.29, 0.717) is 22.8 Å². The number of carbonyl (C=O) groups excluding carboxylic acids is 1. The summed E-state index contributed by atoms with van der Waals surface area (Å²) in [6.45, 7) is 3.79. The van der Waals surface area contributed by atoms with Gasteiger partial charge in [-0.3, -0.25) is 4.79 Å². The molecule has 1 aromatic heterocycles. The number of aliphatic hydroxyl groups is 1. The lowest BCUT2D eigenvalue weighted by Crippen LogP contribution is -2.36. The SMILES string of the molecule is CCCc1cc2c(c(=O)n1CCO)C(c1ccc(Cl)cc1)C(C(=O)OCC)=C(N)O2. The Morgan fingerprint density at radius 1 is 1.30 bits per heavy atom. The first kappa shape index (κ1) is 21.9. The monoisotopic (exact) mass is 432 g/mol. The van der Waals surface area contributed by atoms with Crippen molar-refractivity contribution < 1.29 is 19.4 Å². The molecule has 0 bridgehead atoms. The average molecular weight is 433 g/mol. The number of fused-ring (bicyclic) bond motifs is 1. The summed E-state index contributed by atoms with van der Waals surface area (Å²) in [4.78, 5) is 26.3. The number of aryl methyl sites for hydroxylation is 1. The Morgan fingerprint density at radius 3 is 2.60 bits per heavy atom. The topological polar surface area (TPSA) is 104 Å². The number of benzene rings is 1. The highest BCUT2D eigenvalue weighted by Gasteiger charge is 2.38. The first-order valence-corrected chi connectivity index (χ1v) is 10.3. The maximum Gasteiger partial charge on any atom is 0.340 e. The van der Waals surface area contributed by atoms with Crippen molar-refractivity contribution in [1.29, 1.82) is 0 Å². The molecule has 0 aliphatic carbocycles. The molecule has 0 fully saturated rings. The van der Waals surface area contributed by atoms with E-state index >= 15 is 0 Å². The molecule has 1 atom stereocenters. The number of carbonyl (C=O) groups is 1. The van der Waals surface area contributed by atoms with Crippen molar-refractivity contribution in [3.05, 3.63) is 74.0 Å². The van der Waals surface area contributed by atoms with E-state index < -0.39 is 11.9 Å². The van der Waals surface area contributed by atoms with Gasteiger partial charge >= 0.3 is 5.97 Å². The minimum atomic E-state index is -0.779. The fourth-order valence-corrected chi connectivity index (χ4v) is 3.85. The molecular weight excluding hydrogens is 408 g/mol. The van der Waals surface area contributed by atoms with Gasteiger partial charge in [0, 0.05) is 23.3 Å². The van der Waals surface area contributed by atoms with Crippen molar-refractivity contribution in [2.75, 3.05) is 13.2 Å². The maximum absolute atomic E-state index is 13.5. The molecule has 160 valence electrons. The number of nitrogens with two attached hydrogens (primary N) is 1. The van der Waals surface area contributed by atoms with Crippen LogP contribution >= 0.6 is 11.6 Å². The Kier molecular flexibility index (Phi) is 6.84. The Hall–Kier alpha value is -2.77. The van der Waals surface area contributed by atoms with Gasteiger partial charge in [0.2, 0.25) is 5.88 Å². The van der Waals surface area contributed by atoms with Crippen LogP contribution in [-0.4, -0.2) is 28.9 Å². The van der Waals surface area contributed by atoms with Crippen molar-refractivity contribution in [2.45, 2.75) is 39.2 Å². The van der Waals surface area contributed by atoms with E-state index in [1.165, 1.54) is 4.57 Å². The molecule has 30 heavy (non-hydrogen) atoms.